The Hall–Kier alpha value is -2.94. The summed E-state index contributed by atoms with van der Waals surface area (Å²) in [6.45, 7) is 1.77. The van der Waals surface area contributed by atoms with Crippen LogP contribution in [-0.2, 0) is 34.0 Å². The molecule has 3 amide bonds. The minimum Gasteiger partial charge on any atom is -0.392 e. The Kier molecular flexibility index (Phi) is 7.18. The number of rotatable bonds is 8. The van der Waals surface area contributed by atoms with E-state index in [1.54, 1.807) is 36.3 Å². The van der Waals surface area contributed by atoms with Crippen molar-refractivity contribution in [2.24, 2.45) is 0 Å². The highest BCUT2D eigenvalue weighted by atomic mass is 16.5. The predicted molar refractivity (Wildman–Crippen MR) is 108 cm³/mol. The number of urea groups is 1. The number of fused-ring (bicyclic) bond motifs is 1. The Morgan fingerprint density at radius 3 is 2.38 bits per heavy atom. The molecule has 1 aliphatic rings. The average molecular weight is 399 g/mol. The van der Waals surface area contributed by atoms with E-state index >= 15 is 0 Å². The van der Waals surface area contributed by atoms with E-state index in [1.807, 2.05) is 18.2 Å². The van der Waals surface area contributed by atoms with Crippen molar-refractivity contribution in [3.05, 3.63) is 59.2 Å². The van der Waals surface area contributed by atoms with Crippen molar-refractivity contribution in [2.45, 2.75) is 19.7 Å². The molecule has 0 bridgehead atoms. The normalized spacial score (nSPS) is 12.6. The summed E-state index contributed by atoms with van der Waals surface area (Å²) >= 11 is 0. The molecule has 0 saturated heterocycles. The number of methoxy groups -OCH3 is 1. The number of carbonyl (C=O) groups is 2. The Bertz CT molecular complexity index is 854. The van der Waals surface area contributed by atoms with Gasteiger partial charge in [-0.15, -0.1) is 0 Å². The van der Waals surface area contributed by atoms with Crippen molar-refractivity contribution < 1.29 is 24.2 Å². The van der Waals surface area contributed by atoms with Gasteiger partial charge in [-0.05, 0) is 41.0 Å². The number of benzene rings is 2. The summed E-state index contributed by atoms with van der Waals surface area (Å²) in [5.41, 5.74) is 4.23. The number of nitrogens with zero attached hydrogens (tertiary/aromatic N) is 1. The van der Waals surface area contributed by atoms with E-state index in [2.05, 4.69) is 10.6 Å². The van der Waals surface area contributed by atoms with Crippen LogP contribution in [0, 0.1) is 0 Å². The first-order valence-corrected chi connectivity index (χ1v) is 9.33. The van der Waals surface area contributed by atoms with Gasteiger partial charge in [0.25, 0.3) is 0 Å². The minimum atomic E-state index is -0.255. The molecule has 8 heteroatoms. The third-order valence-corrected chi connectivity index (χ3v) is 4.55. The van der Waals surface area contributed by atoms with Crippen LogP contribution >= 0.6 is 0 Å². The van der Waals surface area contributed by atoms with Gasteiger partial charge in [-0.3, -0.25) is 4.79 Å². The first-order valence-electron chi connectivity index (χ1n) is 9.33. The van der Waals surface area contributed by atoms with Gasteiger partial charge in [0.2, 0.25) is 5.91 Å². The summed E-state index contributed by atoms with van der Waals surface area (Å²) in [4.78, 5) is 26.0. The highest BCUT2D eigenvalue weighted by molar-refractivity contribution is 5.93. The van der Waals surface area contributed by atoms with Crippen LogP contribution in [-0.4, -0.2) is 48.9 Å². The van der Waals surface area contributed by atoms with Crippen molar-refractivity contribution in [3.8, 4) is 0 Å². The van der Waals surface area contributed by atoms with E-state index < -0.39 is 0 Å². The second-order valence-corrected chi connectivity index (χ2v) is 6.72. The second-order valence-electron chi connectivity index (χ2n) is 6.72. The zero-order valence-corrected chi connectivity index (χ0v) is 16.3. The van der Waals surface area contributed by atoms with Gasteiger partial charge >= 0.3 is 6.03 Å². The van der Waals surface area contributed by atoms with Gasteiger partial charge in [-0.2, -0.15) is 0 Å². The third-order valence-electron chi connectivity index (χ3n) is 4.55. The molecule has 0 aliphatic carbocycles. The SMILES string of the molecule is COCCOCC(=O)Nc1ccc(NC(=O)N2Cc3ccc(CO)cc3C2)cc1. The fraction of sp³-hybridized carbons (Fsp3) is 0.333. The maximum atomic E-state index is 12.5. The number of aliphatic hydroxyl groups is 1. The molecule has 0 saturated carbocycles. The van der Waals surface area contributed by atoms with Gasteiger partial charge in [0.15, 0.2) is 0 Å². The molecule has 1 aliphatic heterocycles. The van der Waals surface area contributed by atoms with Crippen LogP contribution in [0.25, 0.3) is 0 Å². The molecule has 0 atom stereocenters. The highest BCUT2D eigenvalue weighted by Gasteiger charge is 2.23. The quantitative estimate of drug-likeness (QED) is 0.592. The number of hydrogen-bond donors (Lipinski definition) is 3. The summed E-state index contributed by atoms with van der Waals surface area (Å²) < 4.78 is 10.0. The van der Waals surface area contributed by atoms with E-state index in [0.717, 1.165) is 16.7 Å². The number of ether oxygens (including phenoxy) is 2. The Morgan fingerprint density at radius 1 is 1.00 bits per heavy atom. The summed E-state index contributed by atoms with van der Waals surface area (Å²) in [5.74, 6) is -0.255. The minimum absolute atomic E-state index is 0.0123. The molecule has 1 heterocycles. The number of amides is 3. The van der Waals surface area contributed by atoms with E-state index in [1.165, 1.54) is 0 Å². The smallest absolute Gasteiger partial charge is 0.322 e. The maximum Gasteiger partial charge on any atom is 0.322 e. The molecule has 2 aromatic carbocycles. The zero-order valence-electron chi connectivity index (χ0n) is 16.3. The standard InChI is InChI=1S/C21H25N3O5/c1-28-8-9-29-14-20(26)22-18-4-6-19(7-5-18)23-21(27)24-11-16-3-2-15(13-25)10-17(16)12-24/h2-7,10,25H,8-9,11-14H2,1H3,(H,22,26)(H,23,27). The van der Waals surface area contributed by atoms with Crippen LogP contribution in [0.3, 0.4) is 0 Å². The van der Waals surface area contributed by atoms with Crippen molar-refractivity contribution in [1.82, 2.24) is 4.90 Å². The second kappa shape index (κ2) is 10.0. The van der Waals surface area contributed by atoms with E-state index in [0.29, 0.717) is 37.7 Å². The van der Waals surface area contributed by atoms with E-state index in [-0.39, 0.29) is 25.2 Å². The molecule has 154 valence electrons. The largest absolute Gasteiger partial charge is 0.392 e. The number of nitrogens with one attached hydrogen (secondary N) is 2. The fourth-order valence-electron chi connectivity index (χ4n) is 3.03. The van der Waals surface area contributed by atoms with Crippen molar-refractivity contribution in [1.29, 1.82) is 0 Å². The molecular formula is C21H25N3O5. The maximum absolute atomic E-state index is 12.5. The molecule has 0 aromatic heterocycles. The molecule has 0 unspecified atom stereocenters. The molecule has 0 fully saturated rings. The van der Waals surface area contributed by atoms with E-state index in [4.69, 9.17) is 9.47 Å². The molecular weight excluding hydrogens is 374 g/mol. The first kappa shape index (κ1) is 20.8. The molecule has 2 aromatic rings. The lowest BCUT2D eigenvalue weighted by Crippen LogP contribution is -2.30. The first-order chi connectivity index (χ1) is 14.1. The molecule has 29 heavy (non-hydrogen) atoms. The van der Waals surface area contributed by atoms with Crippen LogP contribution in [0.1, 0.15) is 16.7 Å². The van der Waals surface area contributed by atoms with Gasteiger partial charge in [0, 0.05) is 31.6 Å². The van der Waals surface area contributed by atoms with Crippen LogP contribution in [0.2, 0.25) is 0 Å². The van der Waals surface area contributed by atoms with Crippen LogP contribution in [0.15, 0.2) is 42.5 Å². The third kappa shape index (κ3) is 5.77. The summed E-state index contributed by atoms with van der Waals surface area (Å²) in [7, 11) is 1.57. The topological polar surface area (TPSA) is 100 Å². The van der Waals surface area contributed by atoms with Crippen LogP contribution in [0.4, 0.5) is 16.2 Å². The van der Waals surface area contributed by atoms with Gasteiger partial charge in [-0.1, -0.05) is 18.2 Å². The van der Waals surface area contributed by atoms with Crippen LogP contribution < -0.4 is 10.6 Å². The zero-order chi connectivity index (χ0) is 20.6. The Morgan fingerprint density at radius 2 is 1.69 bits per heavy atom. The fourth-order valence-corrected chi connectivity index (χ4v) is 3.03. The monoisotopic (exact) mass is 399 g/mol. The van der Waals surface area contributed by atoms with E-state index in [9.17, 15) is 14.7 Å². The van der Waals surface area contributed by atoms with Gasteiger partial charge in [0.05, 0.1) is 19.8 Å². The average Bonchev–Trinajstić information content (AvgIpc) is 3.16. The number of carbonyl (C=O) groups excluding carboxylic acids is 2. The van der Waals surface area contributed by atoms with Crippen molar-refractivity contribution in [2.75, 3.05) is 37.6 Å². The molecule has 0 spiro atoms. The summed E-state index contributed by atoms with van der Waals surface area (Å²) in [6, 6.07) is 12.4. The molecule has 3 N–H and O–H groups in total. The highest BCUT2D eigenvalue weighted by Crippen LogP contribution is 2.25. The lowest BCUT2D eigenvalue weighted by molar-refractivity contribution is -0.121. The molecule has 3 rings (SSSR count). The molecule has 8 nitrogen and oxygen atoms in total. The lowest BCUT2D eigenvalue weighted by Gasteiger charge is -2.16. The lowest BCUT2D eigenvalue weighted by atomic mass is 10.1. The number of anilines is 2. The number of hydrogen-bond acceptors (Lipinski definition) is 5. The van der Waals surface area contributed by atoms with Crippen molar-refractivity contribution >= 4 is 23.3 Å². The Balaban J connectivity index is 1.48. The van der Waals surface area contributed by atoms with Crippen molar-refractivity contribution in [3.63, 3.8) is 0 Å². The Labute approximate surface area is 169 Å². The van der Waals surface area contributed by atoms with Gasteiger partial charge < -0.3 is 30.1 Å². The summed E-state index contributed by atoms with van der Waals surface area (Å²) in [5, 5.41) is 14.8. The molecule has 0 radical (unpaired) electrons. The predicted octanol–water partition coefficient (Wildman–Crippen LogP) is 2.33. The van der Waals surface area contributed by atoms with Gasteiger partial charge in [-0.25, -0.2) is 4.79 Å². The van der Waals surface area contributed by atoms with Crippen LogP contribution in [0.5, 0.6) is 0 Å². The van der Waals surface area contributed by atoms with Gasteiger partial charge in [0.1, 0.15) is 6.61 Å². The summed E-state index contributed by atoms with van der Waals surface area (Å²) in [6.07, 6.45) is 0. The number of aliphatic hydroxyl groups excluding tert-OH is 1.